The minimum atomic E-state index is -4.71. The lowest BCUT2D eigenvalue weighted by Gasteiger charge is -2.21. The average Bonchev–Trinajstić information content (AvgIpc) is 3.26. The first kappa shape index (κ1) is 27.2. The summed E-state index contributed by atoms with van der Waals surface area (Å²) in [5.41, 5.74) is 9.40. The first-order valence-corrected chi connectivity index (χ1v) is 13.3. The molecule has 5 rings (SSSR count). The second-order valence-corrected chi connectivity index (χ2v) is 10.2. The molecule has 206 valence electrons. The van der Waals surface area contributed by atoms with Crippen LogP contribution in [0.3, 0.4) is 0 Å². The van der Waals surface area contributed by atoms with Gasteiger partial charge in [0.25, 0.3) is 0 Å². The Kier molecular flexibility index (Phi) is 7.93. The van der Waals surface area contributed by atoms with Crippen molar-refractivity contribution in [1.29, 1.82) is 0 Å². The van der Waals surface area contributed by atoms with Gasteiger partial charge in [-0.3, -0.25) is 9.29 Å². The summed E-state index contributed by atoms with van der Waals surface area (Å²) >= 11 is 0. The molecule has 3 aromatic carbocycles. The predicted octanol–water partition coefficient (Wildman–Crippen LogP) is 7.53. The van der Waals surface area contributed by atoms with E-state index in [0.717, 1.165) is 42.3 Å². The van der Waals surface area contributed by atoms with E-state index in [4.69, 9.17) is 10.5 Å². The lowest BCUT2D eigenvalue weighted by Crippen LogP contribution is -2.26. The number of allylic oxidation sites excluding steroid dienone is 1. The van der Waals surface area contributed by atoms with Crippen molar-refractivity contribution >= 4 is 16.8 Å². The number of aryl methyl sites for hydroxylation is 1. The summed E-state index contributed by atoms with van der Waals surface area (Å²) < 4.78 is 74.8. The Morgan fingerprint density at radius 3 is 2.46 bits per heavy atom. The zero-order valence-corrected chi connectivity index (χ0v) is 21.5. The molecular formula is C31H31F5N2O. The van der Waals surface area contributed by atoms with Crippen molar-refractivity contribution < 1.29 is 26.7 Å². The number of benzene rings is 3. The van der Waals surface area contributed by atoms with E-state index >= 15 is 0 Å². The van der Waals surface area contributed by atoms with E-state index in [1.54, 1.807) is 6.07 Å². The van der Waals surface area contributed by atoms with Crippen LogP contribution < -0.4 is 10.5 Å². The molecule has 3 nitrogen and oxygen atoms in total. The van der Waals surface area contributed by atoms with E-state index in [0.29, 0.717) is 60.9 Å². The molecule has 0 radical (unpaired) electrons. The topological polar surface area (TPSA) is 38.5 Å². The van der Waals surface area contributed by atoms with Gasteiger partial charge in [0, 0.05) is 25.3 Å². The number of alkyl halides is 4. The number of hydrogen-bond acceptors (Lipinski definition) is 3. The molecule has 8 heteroatoms. The highest BCUT2D eigenvalue weighted by molar-refractivity contribution is 6.00. The molecular weight excluding hydrogens is 511 g/mol. The molecule has 0 bridgehead atoms. The van der Waals surface area contributed by atoms with Crippen molar-refractivity contribution in [2.45, 2.75) is 44.4 Å². The van der Waals surface area contributed by atoms with Crippen LogP contribution in [0, 0.1) is 5.82 Å². The fourth-order valence-electron chi connectivity index (χ4n) is 5.69. The van der Waals surface area contributed by atoms with Gasteiger partial charge in [-0.15, -0.1) is 0 Å². The summed E-state index contributed by atoms with van der Waals surface area (Å²) in [5, 5.41) is 0. The number of nitrogen functional groups attached to an aromatic ring is 1. The number of ether oxygens (including phenoxy) is 1. The first-order valence-electron chi connectivity index (χ1n) is 13.3. The molecule has 0 amide bonds. The SMILES string of the molecule is Nc1ccc2c(c1)CCCC(c1ccc(F)cc1C(F)(F)F)=C2c1ccc(OC2CCN(CCCF)C2)cc1. The molecule has 0 spiro atoms. The second-order valence-electron chi connectivity index (χ2n) is 10.2. The van der Waals surface area contributed by atoms with Crippen LogP contribution in [0.25, 0.3) is 11.1 Å². The van der Waals surface area contributed by atoms with Crippen LogP contribution in [0.1, 0.15) is 53.5 Å². The van der Waals surface area contributed by atoms with Gasteiger partial charge in [0.2, 0.25) is 0 Å². The largest absolute Gasteiger partial charge is 0.489 e. The van der Waals surface area contributed by atoms with Crippen molar-refractivity contribution in [1.82, 2.24) is 4.90 Å². The predicted molar refractivity (Wildman–Crippen MR) is 144 cm³/mol. The van der Waals surface area contributed by atoms with E-state index < -0.39 is 17.6 Å². The Morgan fingerprint density at radius 1 is 0.949 bits per heavy atom. The van der Waals surface area contributed by atoms with Crippen molar-refractivity contribution in [2.24, 2.45) is 0 Å². The van der Waals surface area contributed by atoms with E-state index in [1.165, 1.54) is 6.07 Å². The standard InChI is InChI=1S/C31H31F5N2O/c32-14-2-15-38-16-13-25(19-38)39-24-9-5-20(6-10-24)30-26-12-8-23(37)17-21(26)3-1-4-28(30)27-11-7-22(33)18-29(27)31(34,35)36/h5-12,17-18,25H,1-4,13-16,19,37H2. The summed E-state index contributed by atoms with van der Waals surface area (Å²) in [6, 6.07) is 15.8. The van der Waals surface area contributed by atoms with Crippen molar-refractivity contribution in [3.05, 3.63) is 94.3 Å². The molecule has 2 N–H and O–H groups in total. The van der Waals surface area contributed by atoms with Gasteiger partial charge in [-0.1, -0.05) is 24.3 Å². The molecule has 1 saturated heterocycles. The van der Waals surface area contributed by atoms with Crippen LogP contribution in [-0.2, 0) is 12.6 Å². The Bertz CT molecular complexity index is 1350. The van der Waals surface area contributed by atoms with Crippen LogP contribution in [0.4, 0.5) is 27.6 Å². The minimum absolute atomic E-state index is 0.000350. The molecule has 3 aromatic rings. The quantitative estimate of drug-likeness (QED) is 0.248. The van der Waals surface area contributed by atoms with Crippen LogP contribution in [-0.4, -0.2) is 37.3 Å². The third-order valence-electron chi connectivity index (χ3n) is 7.47. The van der Waals surface area contributed by atoms with Crippen LogP contribution in [0.15, 0.2) is 60.7 Å². The van der Waals surface area contributed by atoms with Gasteiger partial charge in [0.05, 0.1) is 12.2 Å². The van der Waals surface area contributed by atoms with E-state index in [1.807, 2.05) is 36.4 Å². The normalized spacial score (nSPS) is 18.2. The van der Waals surface area contributed by atoms with Gasteiger partial charge >= 0.3 is 6.18 Å². The maximum absolute atomic E-state index is 14.1. The maximum Gasteiger partial charge on any atom is 0.417 e. The van der Waals surface area contributed by atoms with Gasteiger partial charge < -0.3 is 10.5 Å². The van der Waals surface area contributed by atoms with Gasteiger partial charge in [-0.2, -0.15) is 13.2 Å². The smallest absolute Gasteiger partial charge is 0.417 e. The number of hydrogen-bond donors (Lipinski definition) is 1. The Balaban J connectivity index is 1.55. The zero-order valence-electron chi connectivity index (χ0n) is 21.5. The summed E-state index contributed by atoms with van der Waals surface area (Å²) in [6.45, 7) is 1.97. The molecule has 1 aliphatic heterocycles. The number of fused-ring (bicyclic) bond motifs is 1. The van der Waals surface area contributed by atoms with Crippen LogP contribution >= 0.6 is 0 Å². The van der Waals surface area contributed by atoms with Crippen LogP contribution in [0.2, 0.25) is 0 Å². The average molecular weight is 543 g/mol. The summed E-state index contributed by atoms with van der Waals surface area (Å²) in [7, 11) is 0. The molecule has 0 saturated carbocycles. The fourth-order valence-corrected chi connectivity index (χ4v) is 5.69. The summed E-state index contributed by atoms with van der Waals surface area (Å²) in [4.78, 5) is 2.19. The van der Waals surface area contributed by atoms with Crippen LogP contribution in [0.5, 0.6) is 5.75 Å². The third kappa shape index (κ3) is 6.11. The van der Waals surface area contributed by atoms with Crippen molar-refractivity contribution in [3.63, 3.8) is 0 Å². The molecule has 1 unspecified atom stereocenters. The maximum atomic E-state index is 14.1. The number of likely N-dealkylation sites (tertiary alicyclic amines) is 1. The Morgan fingerprint density at radius 2 is 1.72 bits per heavy atom. The number of halogens is 5. The molecule has 1 atom stereocenters. The second kappa shape index (κ2) is 11.4. The highest BCUT2D eigenvalue weighted by Crippen LogP contribution is 2.44. The Hall–Kier alpha value is -3.39. The summed E-state index contributed by atoms with van der Waals surface area (Å²) in [6.07, 6.45) is -1.65. The first-order chi connectivity index (χ1) is 18.7. The molecule has 39 heavy (non-hydrogen) atoms. The highest BCUT2D eigenvalue weighted by Gasteiger charge is 2.36. The molecule has 1 fully saturated rings. The van der Waals surface area contributed by atoms with Crippen molar-refractivity contribution in [2.75, 3.05) is 32.0 Å². The number of nitrogens with zero attached hydrogens (tertiary/aromatic N) is 1. The lowest BCUT2D eigenvalue weighted by molar-refractivity contribution is -0.138. The minimum Gasteiger partial charge on any atom is -0.489 e. The number of nitrogens with two attached hydrogens (primary N) is 1. The highest BCUT2D eigenvalue weighted by atomic mass is 19.4. The molecule has 1 heterocycles. The zero-order chi connectivity index (χ0) is 27.6. The third-order valence-corrected chi connectivity index (χ3v) is 7.47. The number of rotatable bonds is 7. The Labute approximate surface area is 225 Å². The molecule has 1 aliphatic carbocycles. The van der Waals surface area contributed by atoms with E-state index in [2.05, 4.69) is 4.90 Å². The van der Waals surface area contributed by atoms with Gasteiger partial charge in [-0.25, -0.2) is 4.39 Å². The van der Waals surface area contributed by atoms with Gasteiger partial charge in [0.1, 0.15) is 17.7 Å². The lowest BCUT2D eigenvalue weighted by atomic mass is 9.86. The van der Waals surface area contributed by atoms with Gasteiger partial charge in [0.15, 0.2) is 0 Å². The fraction of sp³-hybridized carbons (Fsp3) is 0.355. The monoisotopic (exact) mass is 542 g/mol. The van der Waals surface area contributed by atoms with E-state index in [-0.39, 0.29) is 18.3 Å². The molecule has 2 aliphatic rings. The van der Waals surface area contributed by atoms with E-state index in [9.17, 15) is 22.0 Å². The van der Waals surface area contributed by atoms with Gasteiger partial charge in [-0.05, 0) is 102 Å². The van der Waals surface area contributed by atoms with Crippen molar-refractivity contribution in [3.8, 4) is 5.75 Å². The molecule has 0 aromatic heterocycles. The summed E-state index contributed by atoms with van der Waals surface area (Å²) in [5.74, 6) is -0.256. The number of anilines is 1.